The Bertz CT molecular complexity index is 1030. The molecule has 0 radical (unpaired) electrons. The molecule has 0 fully saturated rings. The number of alkyl halides is 3. The molecule has 0 bridgehead atoms. The molecule has 0 saturated carbocycles. The summed E-state index contributed by atoms with van der Waals surface area (Å²) in [5, 5.41) is 3.64. The Morgan fingerprint density at radius 1 is 1.10 bits per heavy atom. The highest BCUT2D eigenvalue weighted by Gasteiger charge is 2.64. The standard InChI is InChI=1S/C19H16F3N3O3S/c1-11-6-5-7-12(10-11)15(26)24-18(16(27)28-2,19(20,21)22)25-17-23-13-8-3-4-9-14(13)29-17/h3-10H,1-2H3,(H,23,25)(H,24,26). The van der Waals surface area contributed by atoms with Crippen molar-refractivity contribution < 1.29 is 27.5 Å². The monoisotopic (exact) mass is 423 g/mol. The lowest BCUT2D eigenvalue weighted by Crippen LogP contribution is -2.69. The van der Waals surface area contributed by atoms with Crippen molar-refractivity contribution in [1.29, 1.82) is 0 Å². The number of carbonyl (C=O) groups excluding carboxylic acids is 2. The molecule has 152 valence electrons. The molecule has 29 heavy (non-hydrogen) atoms. The maximum atomic E-state index is 14.1. The first-order chi connectivity index (χ1) is 13.7. The summed E-state index contributed by atoms with van der Waals surface area (Å²) in [4.78, 5) is 28.9. The van der Waals surface area contributed by atoms with Gasteiger partial charge < -0.3 is 15.4 Å². The molecule has 2 aromatic carbocycles. The molecule has 3 rings (SSSR count). The van der Waals surface area contributed by atoms with Gasteiger partial charge in [0.1, 0.15) is 0 Å². The number of methoxy groups -OCH3 is 1. The van der Waals surface area contributed by atoms with Gasteiger partial charge >= 0.3 is 17.8 Å². The molecule has 0 aliphatic heterocycles. The highest BCUT2D eigenvalue weighted by atomic mass is 32.1. The van der Waals surface area contributed by atoms with Gasteiger partial charge in [0, 0.05) is 5.56 Å². The summed E-state index contributed by atoms with van der Waals surface area (Å²) in [6, 6.07) is 12.7. The van der Waals surface area contributed by atoms with Crippen molar-refractivity contribution in [2.24, 2.45) is 0 Å². The molecule has 0 saturated heterocycles. The van der Waals surface area contributed by atoms with Gasteiger partial charge in [-0.15, -0.1) is 0 Å². The zero-order valence-corrected chi connectivity index (χ0v) is 16.1. The molecule has 10 heteroatoms. The van der Waals surface area contributed by atoms with Gasteiger partial charge in [0.15, 0.2) is 5.13 Å². The third-order valence-electron chi connectivity index (χ3n) is 4.09. The number of thiazole rings is 1. The first-order valence-corrected chi connectivity index (χ1v) is 9.16. The van der Waals surface area contributed by atoms with Crippen LogP contribution in [-0.2, 0) is 9.53 Å². The molecule has 1 aromatic heterocycles. The van der Waals surface area contributed by atoms with Crippen molar-refractivity contribution >= 4 is 38.6 Å². The van der Waals surface area contributed by atoms with Crippen LogP contribution in [0.25, 0.3) is 10.2 Å². The van der Waals surface area contributed by atoms with Crippen molar-refractivity contribution in [2.45, 2.75) is 18.8 Å². The van der Waals surface area contributed by atoms with Crippen molar-refractivity contribution in [3.63, 3.8) is 0 Å². The summed E-state index contributed by atoms with van der Waals surface area (Å²) in [7, 11) is 0.807. The predicted molar refractivity (Wildman–Crippen MR) is 103 cm³/mol. The Labute approximate surface area is 167 Å². The van der Waals surface area contributed by atoms with E-state index in [1.165, 1.54) is 18.2 Å². The molecule has 3 aromatic rings. The minimum Gasteiger partial charge on any atom is -0.466 e. The normalized spacial score (nSPS) is 13.6. The summed E-state index contributed by atoms with van der Waals surface area (Å²) in [5.74, 6) is -2.81. The fourth-order valence-electron chi connectivity index (χ4n) is 2.66. The number of fused-ring (bicyclic) bond motifs is 1. The molecule has 2 N–H and O–H groups in total. The van der Waals surface area contributed by atoms with E-state index in [0.29, 0.717) is 15.8 Å². The van der Waals surface area contributed by atoms with Gasteiger partial charge in [-0.3, -0.25) is 4.79 Å². The molecule has 0 spiro atoms. The average molecular weight is 423 g/mol. The number of nitrogens with one attached hydrogen (secondary N) is 2. The summed E-state index contributed by atoms with van der Waals surface area (Å²) in [6.45, 7) is 1.69. The second kappa shape index (κ2) is 7.70. The smallest absolute Gasteiger partial charge is 0.442 e. The number of rotatable bonds is 5. The molecule has 0 aliphatic rings. The Balaban J connectivity index is 2.05. The van der Waals surface area contributed by atoms with Crippen LogP contribution in [0.1, 0.15) is 15.9 Å². The number of aromatic nitrogens is 1. The second-order valence-electron chi connectivity index (χ2n) is 6.17. The molecule has 1 atom stereocenters. The number of nitrogens with zero attached hydrogens (tertiary/aromatic N) is 1. The number of esters is 1. The average Bonchev–Trinajstić information content (AvgIpc) is 3.08. The third-order valence-corrected chi connectivity index (χ3v) is 5.04. The number of benzene rings is 2. The summed E-state index contributed by atoms with van der Waals surface area (Å²) < 4.78 is 47.3. The Hall–Kier alpha value is -3.14. The Morgan fingerprint density at radius 3 is 2.45 bits per heavy atom. The number of amides is 1. The van der Waals surface area contributed by atoms with Gasteiger partial charge in [0.2, 0.25) is 0 Å². The summed E-state index contributed by atoms with van der Waals surface area (Å²) in [5.41, 5.74) is -2.43. The van der Waals surface area contributed by atoms with Gasteiger partial charge in [-0.25, -0.2) is 9.78 Å². The van der Waals surface area contributed by atoms with Crippen LogP contribution >= 0.6 is 11.3 Å². The summed E-state index contributed by atoms with van der Waals surface area (Å²) >= 11 is 0.912. The Morgan fingerprint density at radius 2 is 1.83 bits per heavy atom. The van der Waals surface area contributed by atoms with Gasteiger partial charge in [0.05, 0.1) is 17.3 Å². The van der Waals surface area contributed by atoms with Crippen LogP contribution in [0.15, 0.2) is 48.5 Å². The Kier molecular flexibility index (Phi) is 5.47. The molecule has 0 aliphatic carbocycles. The van der Waals surface area contributed by atoms with E-state index in [0.717, 1.165) is 18.4 Å². The SMILES string of the molecule is COC(=O)C(NC(=O)c1cccc(C)c1)(Nc1nc2ccccc2s1)C(F)(F)F. The predicted octanol–water partition coefficient (Wildman–Crippen LogP) is 3.88. The van der Waals surface area contributed by atoms with E-state index >= 15 is 0 Å². The van der Waals surface area contributed by atoms with E-state index in [-0.39, 0.29) is 10.7 Å². The first kappa shape index (κ1) is 20.6. The minimum atomic E-state index is -5.22. The fourth-order valence-corrected chi connectivity index (χ4v) is 3.58. The number of carbonyl (C=O) groups is 2. The quantitative estimate of drug-likeness (QED) is 0.481. The lowest BCUT2D eigenvalue weighted by atomic mass is 10.1. The summed E-state index contributed by atoms with van der Waals surface area (Å²) in [6.07, 6.45) is -5.22. The molecule has 1 amide bonds. The second-order valence-corrected chi connectivity index (χ2v) is 7.21. The number of ether oxygens (including phenoxy) is 1. The van der Waals surface area contributed by atoms with E-state index in [1.54, 1.807) is 42.6 Å². The van der Waals surface area contributed by atoms with E-state index in [9.17, 15) is 22.8 Å². The maximum absolute atomic E-state index is 14.1. The van der Waals surface area contributed by atoms with E-state index in [1.807, 2.05) is 0 Å². The zero-order chi connectivity index (χ0) is 21.2. The third kappa shape index (κ3) is 4.02. The van der Waals surface area contributed by atoms with Crippen molar-refractivity contribution in [2.75, 3.05) is 12.4 Å². The fraction of sp³-hybridized carbons (Fsp3) is 0.211. The number of anilines is 1. The maximum Gasteiger partial charge on any atom is 0.442 e. The van der Waals surface area contributed by atoms with Crippen LogP contribution in [0, 0.1) is 6.92 Å². The van der Waals surface area contributed by atoms with Gasteiger partial charge in [-0.1, -0.05) is 41.2 Å². The van der Waals surface area contributed by atoms with Crippen LogP contribution in [0.5, 0.6) is 0 Å². The zero-order valence-electron chi connectivity index (χ0n) is 15.3. The number of para-hydroxylation sites is 1. The number of hydrogen-bond acceptors (Lipinski definition) is 6. The largest absolute Gasteiger partial charge is 0.466 e. The molecule has 1 heterocycles. The van der Waals surface area contributed by atoms with Gasteiger partial charge in [0.25, 0.3) is 5.91 Å². The molecular weight excluding hydrogens is 407 g/mol. The van der Waals surface area contributed by atoms with E-state index in [2.05, 4.69) is 15.0 Å². The minimum absolute atomic E-state index is 0.0337. The van der Waals surface area contributed by atoms with Crippen molar-refractivity contribution in [3.8, 4) is 0 Å². The van der Waals surface area contributed by atoms with Crippen LogP contribution < -0.4 is 10.6 Å². The van der Waals surface area contributed by atoms with Crippen molar-refractivity contribution in [1.82, 2.24) is 10.3 Å². The highest BCUT2D eigenvalue weighted by molar-refractivity contribution is 7.22. The van der Waals surface area contributed by atoms with E-state index in [4.69, 9.17) is 0 Å². The van der Waals surface area contributed by atoms with Crippen LogP contribution in [0.2, 0.25) is 0 Å². The molecule has 1 unspecified atom stereocenters. The highest BCUT2D eigenvalue weighted by Crippen LogP contribution is 2.36. The first-order valence-electron chi connectivity index (χ1n) is 8.34. The van der Waals surface area contributed by atoms with Crippen LogP contribution in [0.3, 0.4) is 0 Å². The number of halogens is 3. The molecule has 6 nitrogen and oxygen atoms in total. The van der Waals surface area contributed by atoms with Gasteiger partial charge in [-0.2, -0.15) is 13.2 Å². The van der Waals surface area contributed by atoms with Crippen LogP contribution in [-0.4, -0.2) is 35.8 Å². The van der Waals surface area contributed by atoms with Crippen molar-refractivity contribution in [3.05, 3.63) is 59.7 Å². The lowest BCUT2D eigenvalue weighted by molar-refractivity contribution is -0.203. The topological polar surface area (TPSA) is 80.3 Å². The lowest BCUT2D eigenvalue weighted by Gasteiger charge is -2.34. The van der Waals surface area contributed by atoms with Crippen LogP contribution in [0.4, 0.5) is 18.3 Å². The number of aryl methyl sites for hydroxylation is 1. The van der Waals surface area contributed by atoms with Gasteiger partial charge in [-0.05, 0) is 31.2 Å². The van der Waals surface area contributed by atoms with E-state index < -0.39 is 23.7 Å². The molecular formula is C19H16F3N3O3S. The number of hydrogen-bond donors (Lipinski definition) is 2.